The highest BCUT2D eigenvalue weighted by Crippen LogP contribution is 2.19. The van der Waals surface area contributed by atoms with Crippen LogP contribution >= 0.6 is 0 Å². The number of nitrogens with two attached hydrogens (primary N) is 2. The van der Waals surface area contributed by atoms with Crippen LogP contribution in [0.25, 0.3) is 0 Å². The fraction of sp³-hybridized carbons (Fsp3) is 0.364. The van der Waals surface area contributed by atoms with E-state index in [2.05, 4.69) is 5.32 Å². The van der Waals surface area contributed by atoms with E-state index in [0.29, 0.717) is 25.1 Å². The van der Waals surface area contributed by atoms with Crippen LogP contribution < -0.4 is 16.2 Å². The molecular formula is C11H17N3O3S. The lowest BCUT2D eigenvalue weighted by Crippen LogP contribution is -2.15. The van der Waals surface area contributed by atoms with E-state index in [9.17, 15) is 13.2 Å². The number of carbonyl (C=O) groups excluding carboxylic acids is 1. The second-order valence-corrected chi connectivity index (χ2v) is 5.42. The van der Waals surface area contributed by atoms with Crippen molar-refractivity contribution in [3.63, 3.8) is 0 Å². The summed E-state index contributed by atoms with van der Waals surface area (Å²) < 4.78 is 22.6. The summed E-state index contributed by atoms with van der Waals surface area (Å²) in [6, 6.07) is 6.42. The quantitative estimate of drug-likeness (QED) is 0.622. The minimum Gasteiger partial charge on any atom is -0.384 e. The van der Waals surface area contributed by atoms with Crippen molar-refractivity contribution in [2.45, 2.75) is 24.2 Å². The van der Waals surface area contributed by atoms with Crippen LogP contribution in [0.2, 0.25) is 0 Å². The molecule has 0 aliphatic carbocycles. The van der Waals surface area contributed by atoms with Gasteiger partial charge in [0.25, 0.3) is 0 Å². The van der Waals surface area contributed by atoms with Crippen molar-refractivity contribution >= 4 is 21.6 Å². The lowest BCUT2D eigenvalue weighted by atomic mass is 10.2. The fourth-order valence-corrected chi connectivity index (χ4v) is 2.22. The molecule has 1 aromatic carbocycles. The van der Waals surface area contributed by atoms with Gasteiger partial charge in [0.05, 0.1) is 5.69 Å². The summed E-state index contributed by atoms with van der Waals surface area (Å²) in [5, 5.41) is 8.08. The number of hydrogen-bond donors (Lipinski definition) is 3. The van der Waals surface area contributed by atoms with Crippen molar-refractivity contribution in [2.75, 3.05) is 11.9 Å². The summed E-state index contributed by atoms with van der Waals surface area (Å²) in [7, 11) is -3.73. The first-order valence-electron chi connectivity index (χ1n) is 5.55. The summed E-state index contributed by atoms with van der Waals surface area (Å²) in [5.74, 6) is -0.333. The lowest BCUT2D eigenvalue weighted by Gasteiger charge is -2.09. The molecule has 0 aliphatic heterocycles. The number of para-hydroxylation sites is 1. The summed E-state index contributed by atoms with van der Waals surface area (Å²) in [5.41, 5.74) is 5.48. The maximum atomic E-state index is 11.3. The van der Waals surface area contributed by atoms with Crippen LogP contribution in [-0.2, 0) is 14.8 Å². The molecule has 0 bridgehead atoms. The van der Waals surface area contributed by atoms with Crippen LogP contribution in [0.3, 0.4) is 0 Å². The Balaban J connectivity index is 2.55. The van der Waals surface area contributed by atoms with Crippen molar-refractivity contribution < 1.29 is 13.2 Å². The topological polar surface area (TPSA) is 115 Å². The molecule has 18 heavy (non-hydrogen) atoms. The highest BCUT2D eigenvalue weighted by molar-refractivity contribution is 7.89. The monoisotopic (exact) mass is 271 g/mol. The van der Waals surface area contributed by atoms with Gasteiger partial charge < -0.3 is 11.1 Å². The third-order valence-electron chi connectivity index (χ3n) is 2.36. The van der Waals surface area contributed by atoms with E-state index >= 15 is 0 Å². The maximum Gasteiger partial charge on any atom is 0.240 e. The predicted octanol–water partition coefficient (Wildman–Crippen LogP) is 0.401. The van der Waals surface area contributed by atoms with E-state index in [0.717, 1.165) is 6.42 Å². The Labute approximate surface area is 106 Å². The number of rotatable bonds is 7. The molecule has 100 valence electrons. The van der Waals surface area contributed by atoms with Gasteiger partial charge in [0.15, 0.2) is 0 Å². The minimum atomic E-state index is -3.73. The predicted molar refractivity (Wildman–Crippen MR) is 69.4 cm³/mol. The number of benzene rings is 1. The van der Waals surface area contributed by atoms with E-state index in [1.807, 2.05) is 0 Å². The molecule has 1 rings (SSSR count). The summed E-state index contributed by atoms with van der Waals surface area (Å²) >= 11 is 0. The normalized spacial score (nSPS) is 11.2. The van der Waals surface area contributed by atoms with Gasteiger partial charge in [-0.05, 0) is 25.0 Å². The number of primary sulfonamides is 1. The van der Waals surface area contributed by atoms with Crippen molar-refractivity contribution in [1.29, 1.82) is 0 Å². The lowest BCUT2D eigenvalue weighted by molar-refractivity contribution is -0.118. The van der Waals surface area contributed by atoms with Gasteiger partial charge in [-0.25, -0.2) is 13.6 Å². The van der Waals surface area contributed by atoms with Gasteiger partial charge in [0.1, 0.15) is 4.90 Å². The second kappa shape index (κ2) is 6.36. The van der Waals surface area contributed by atoms with E-state index in [4.69, 9.17) is 10.9 Å². The SMILES string of the molecule is NC(=O)CCCCNc1ccccc1S(N)(=O)=O. The van der Waals surface area contributed by atoms with Gasteiger partial charge >= 0.3 is 0 Å². The molecule has 1 amide bonds. The molecule has 0 unspecified atom stereocenters. The first-order chi connectivity index (χ1) is 8.41. The van der Waals surface area contributed by atoms with Gasteiger partial charge in [-0.2, -0.15) is 0 Å². The molecule has 6 nitrogen and oxygen atoms in total. The van der Waals surface area contributed by atoms with Crippen molar-refractivity contribution in [1.82, 2.24) is 0 Å². The van der Waals surface area contributed by atoms with Crippen LogP contribution in [0.15, 0.2) is 29.2 Å². The number of amides is 1. The number of primary amides is 1. The summed E-state index contributed by atoms with van der Waals surface area (Å²) in [4.78, 5) is 10.6. The van der Waals surface area contributed by atoms with Gasteiger partial charge in [0.2, 0.25) is 15.9 Å². The zero-order valence-electron chi connectivity index (χ0n) is 9.93. The molecule has 1 aromatic rings. The molecular weight excluding hydrogens is 254 g/mol. The Kier molecular flexibility index (Phi) is 5.11. The number of sulfonamides is 1. The Hall–Kier alpha value is -1.60. The molecule has 0 radical (unpaired) electrons. The van der Waals surface area contributed by atoms with E-state index in [1.54, 1.807) is 18.2 Å². The molecule has 0 heterocycles. The van der Waals surface area contributed by atoms with Crippen molar-refractivity contribution in [2.24, 2.45) is 10.9 Å². The fourth-order valence-electron chi connectivity index (χ4n) is 1.51. The smallest absolute Gasteiger partial charge is 0.240 e. The first-order valence-corrected chi connectivity index (χ1v) is 7.10. The Bertz CT molecular complexity index is 514. The molecule has 0 spiro atoms. The van der Waals surface area contributed by atoms with Crippen LogP contribution in [-0.4, -0.2) is 20.9 Å². The number of nitrogens with one attached hydrogen (secondary N) is 1. The number of anilines is 1. The highest BCUT2D eigenvalue weighted by atomic mass is 32.2. The number of carbonyl (C=O) groups is 1. The molecule has 0 saturated carbocycles. The molecule has 0 aromatic heterocycles. The minimum absolute atomic E-state index is 0.0694. The summed E-state index contributed by atoms with van der Waals surface area (Å²) in [6.07, 6.45) is 1.72. The van der Waals surface area contributed by atoms with E-state index in [-0.39, 0.29) is 10.8 Å². The largest absolute Gasteiger partial charge is 0.384 e. The van der Waals surface area contributed by atoms with Crippen LogP contribution in [0.4, 0.5) is 5.69 Å². The average Bonchev–Trinajstić information content (AvgIpc) is 2.27. The Morgan fingerprint density at radius 1 is 1.22 bits per heavy atom. The molecule has 0 atom stereocenters. The van der Waals surface area contributed by atoms with Gasteiger partial charge in [-0.1, -0.05) is 12.1 Å². The van der Waals surface area contributed by atoms with Crippen molar-refractivity contribution in [3.05, 3.63) is 24.3 Å². The van der Waals surface area contributed by atoms with E-state index < -0.39 is 10.0 Å². The third kappa shape index (κ3) is 4.72. The molecule has 0 saturated heterocycles. The summed E-state index contributed by atoms with van der Waals surface area (Å²) in [6.45, 7) is 0.555. The average molecular weight is 271 g/mol. The standard InChI is InChI=1S/C11H17N3O3S/c12-11(15)7-3-4-8-14-9-5-1-2-6-10(9)18(13,16)17/h1-2,5-6,14H,3-4,7-8H2,(H2,12,15)(H2,13,16,17). The number of hydrogen-bond acceptors (Lipinski definition) is 4. The van der Waals surface area contributed by atoms with Crippen LogP contribution in [0, 0.1) is 0 Å². The van der Waals surface area contributed by atoms with E-state index in [1.165, 1.54) is 6.07 Å². The Morgan fingerprint density at radius 2 is 1.89 bits per heavy atom. The van der Waals surface area contributed by atoms with Gasteiger partial charge in [-0.3, -0.25) is 4.79 Å². The maximum absolute atomic E-state index is 11.3. The van der Waals surface area contributed by atoms with Gasteiger partial charge in [0, 0.05) is 13.0 Å². The first kappa shape index (κ1) is 14.5. The third-order valence-corrected chi connectivity index (χ3v) is 3.33. The number of unbranched alkanes of at least 4 members (excludes halogenated alkanes) is 1. The van der Waals surface area contributed by atoms with Gasteiger partial charge in [-0.15, -0.1) is 0 Å². The zero-order chi connectivity index (χ0) is 13.6. The van der Waals surface area contributed by atoms with Crippen LogP contribution in [0.1, 0.15) is 19.3 Å². The van der Waals surface area contributed by atoms with Crippen molar-refractivity contribution in [3.8, 4) is 0 Å². The molecule has 0 fully saturated rings. The molecule has 0 aliphatic rings. The molecule has 7 heteroatoms. The molecule has 5 N–H and O–H groups in total. The van der Waals surface area contributed by atoms with Crippen LogP contribution in [0.5, 0.6) is 0 Å². The second-order valence-electron chi connectivity index (χ2n) is 3.89. The highest BCUT2D eigenvalue weighted by Gasteiger charge is 2.12. The zero-order valence-corrected chi connectivity index (χ0v) is 10.7. The Morgan fingerprint density at radius 3 is 2.50 bits per heavy atom.